The summed E-state index contributed by atoms with van der Waals surface area (Å²) in [6, 6.07) is 4.82. The van der Waals surface area contributed by atoms with Crippen LogP contribution in [-0.4, -0.2) is 11.0 Å². The standard InChI is InChI=1S/C15H26N2/c1-6-8-13(7-2)17-14-10-9-12(11-16-14)15(3,4)5/h9-11,13H,6-8H2,1-5H3,(H,16,17). The Kier molecular flexibility index (Phi) is 4.98. The molecule has 1 N–H and O–H groups in total. The lowest BCUT2D eigenvalue weighted by Crippen LogP contribution is -2.19. The predicted molar refractivity (Wildman–Crippen MR) is 75.5 cm³/mol. The Morgan fingerprint density at radius 3 is 2.35 bits per heavy atom. The van der Waals surface area contributed by atoms with Gasteiger partial charge >= 0.3 is 0 Å². The first-order valence-electron chi connectivity index (χ1n) is 6.70. The highest BCUT2D eigenvalue weighted by Gasteiger charge is 2.14. The fraction of sp³-hybridized carbons (Fsp3) is 0.667. The molecular formula is C15H26N2. The first kappa shape index (κ1) is 14.0. The molecule has 1 aromatic heterocycles. The van der Waals surface area contributed by atoms with Crippen LogP contribution in [-0.2, 0) is 5.41 Å². The van der Waals surface area contributed by atoms with Crippen molar-refractivity contribution >= 4 is 5.82 Å². The molecule has 1 atom stereocenters. The highest BCUT2D eigenvalue weighted by atomic mass is 15.0. The van der Waals surface area contributed by atoms with Gasteiger partial charge in [-0.2, -0.15) is 0 Å². The summed E-state index contributed by atoms with van der Waals surface area (Å²) < 4.78 is 0. The Morgan fingerprint density at radius 1 is 1.24 bits per heavy atom. The van der Waals surface area contributed by atoms with E-state index >= 15 is 0 Å². The molecule has 1 unspecified atom stereocenters. The number of rotatable bonds is 5. The lowest BCUT2D eigenvalue weighted by molar-refractivity contribution is 0.586. The second-order valence-corrected chi connectivity index (χ2v) is 5.72. The number of hydrogen-bond acceptors (Lipinski definition) is 2. The minimum absolute atomic E-state index is 0.180. The topological polar surface area (TPSA) is 24.9 Å². The van der Waals surface area contributed by atoms with E-state index in [1.54, 1.807) is 0 Å². The van der Waals surface area contributed by atoms with E-state index in [0.717, 1.165) is 12.2 Å². The molecule has 1 aromatic rings. The zero-order valence-corrected chi connectivity index (χ0v) is 11.9. The van der Waals surface area contributed by atoms with E-state index in [2.05, 4.69) is 57.1 Å². The Balaban J connectivity index is 2.68. The van der Waals surface area contributed by atoms with Crippen molar-refractivity contribution in [2.24, 2.45) is 0 Å². The van der Waals surface area contributed by atoms with E-state index in [1.807, 2.05) is 6.20 Å². The first-order chi connectivity index (χ1) is 7.97. The predicted octanol–water partition coefficient (Wildman–Crippen LogP) is 4.37. The van der Waals surface area contributed by atoms with Gasteiger partial charge in [0.25, 0.3) is 0 Å². The van der Waals surface area contributed by atoms with Crippen molar-refractivity contribution in [2.45, 2.75) is 65.3 Å². The fourth-order valence-corrected chi connectivity index (χ4v) is 1.86. The van der Waals surface area contributed by atoms with Crippen LogP contribution in [0.15, 0.2) is 18.3 Å². The summed E-state index contributed by atoms with van der Waals surface area (Å²) in [5.41, 5.74) is 1.46. The maximum Gasteiger partial charge on any atom is 0.126 e. The lowest BCUT2D eigenvalue weighted by Gasteiger charge is -2.20. The molecule has 0 amide bonds. The van der Waals surface area contributed by atoms with Gasteiger partial charge in [-0.05, 0) is 29.9 Å². The van der Waals surface area contributed by atoms with Crippen LogP contribution in [0.3, 0.4) is 0 Å². The molecule has 17 heavy (non-hydrogen) atoms. The molecular weight excluding hydrogens is 208 g/mol. The smallest absolute Gasteiger partial charge is 0.126 e. The summed E-state index contributed by atoms with van der Waals surface area (Å²) in [7, 11) is 0. The van der Waals surface area contributed by atoms with Crippen molar-refractivity contribution in [3.8, 4) is 0 Å². The molecule has 0 aromatic carbocycles. The third-order valence-corrected chi connectivity index (χ3v) is 3.11. The zero-order chi connectivity index (χ0) is 12.9. The molecule has 0 aliphatic rings. The molecule has 1 rings (SSSR count). The average Bonchev–Trinajstić information content (AvgIpc) is 2.28. The van der Waals surface area contributed by atoms with Crippen LogP contribution in [0.5, 0.6) is 0 Å². The number of pyridine rings is 1. The van der Waals surface area contributed by atoms with Crippen LogP contribution in [0.2, 0.25) is 0 Å². The number of nitrogens with zero attached hydrogens (tertiary/aromatic N) is 1. The van der Waals surface area contributed by atoms with Gasteiger partial charge in [0.2, 0.25) is 0 Å². The number of anilines is 1. The van der Waals surface area contributed by atoms with E-state index in [-0.39, 0.29) is 5.41 Å². The van der Waals surface area contributed by atoms with Crippen molar-refractivity contribution in [3.05, 3.63) is 23.9 Å². The fourth-order valence-electron chi connectivity index (χ4n) is 1.86. The summed E-state index contributed by atoms with van der Waals surface area (Å²) in [5, 5.41) is 3.50. The molecule has 0 saturated heterocycles. The molecule has 0 fully saturated rings. The number of hydrogen-bond donors (Lipinski definition) is 1. The molecule has 0 aliphatic carbocycles. The average molecular weight is 234 g/mol. The largest absolute Gasteiger partial charge is 0.367 e. The summed E-state index contributed by atoms with van der Waals surface area (Å²) in [6.07, 6.45) is 5.56. The highest BCUT2D eigenvalue weighted by Crippen LogP contribution is 2.22. The minimum Gasteiger partial charge on any atom is -0.367 e. The quantitative estimate of drug-likeness (QED) is 0.818. The van der Waals surface area contributed by atoms with Gasteiger partial charge in [-0.1, -0.05) is 47.1 Å². The van der Waals surface area contributed by atoms with Gasteiger partial charge in [0.05, 0.1) is 0 Å². The van der Waals surface area contributed by atoms with E-state index < -0.39 is 0 Å². The van der Waals surface area contributed by atoms with E-state index in [4.69, 9.17) is 0 Å². The summed E-state index contributed by atoms with van der Waals surface area (Å²) in [4.78, 5) is 4.50. The van der Waals surface area contributed by atoms with E-state index in [0.29, 0.717) is 6.04 Å². The van der Waals surface area contributed by atoms with Gasteiger partial charge in [0.15, 0.2) is 0 Å². The van der Waals surface area contributed by atoms with Crippen LogP contribution in [0.1, 0.15) is 59.4 Å². The van der Waals surface area contributed by atoms with Crippen LogP contribution < -0.4 is 5.32 Å². The van der Waals surface area contributed by atoms with Gasteiger partial charge in [0, 0.05) is 12.2 Å². The molecule has 0 saturated carbocycles. The summed E-state index contributed by atoms with van der Waals surface area (Å²) >= 11 is 0. The number of aromatic nitrogens is 1. The lowest BCUT2D eigenvalue weighted by atomic mass is 9.88. The molecule has 96 valence electrons. The van der Waals surface area contributed by atoms with E-state index in [1.165, 1.54) is 18.4 Å². The molecule has 2 heteroatoms. The molecule has 2 nitrogen and oxygen atoms in total. The van der Waals surface area contributed by atoms with Crippen LogP contribution in [0, 0.1) is 0 Å². The monoisotopic (exact) mass is 234 g/mol. The zero-order valence-electron chi connectivity index (χ0n) is 11.9. The van der Waals surface area contributed by atoms with Crippen molar-refractivity contribution in [1.29, 1.82) is 0 Å². The Hall–Kier alpha value is -1.05. The van der Waals surface area contributed by atoms with Crippen molar-refractivity contribution in [1.82, 2.24) is 4.98 Å². The summed E-state index contributed by atoms with van der Waals surface area (Å²) in [6.45, 7) is 11.1. The molecule has 0 radical (unpaired) electrons. The van der Waals surface area contributed by atoms with Gasteiger partial charge < -0.3 is 5.32 Å². The van der Waals surface area contributed by atoms with Gasteiger partial charge in [-0.3, -0.25) is 0 Å². The van der Waals surface area contributed by atoms with Crippen molar-refractivity contribution in [3.63, 3.8) is 0 Å². The SMILES string of the molecule is CCCC(CC)Nc1ccc(C(C)(C)C)cn1. The molecule has 1 heterocycles. The third kappa shape index (κ3) is 4.37. The Labute approximate surface area is 106 Å². The Bertz CT molecular complexity index is 322. The van der Waals surface area contributed by atoms with Gasteiger partial charge in [0.1, 0.15) is 5.82 Å². The number of nitrogens with one attached hydrogen (secondary N) is 1. The first-order valence-corrected chi connectivity index (χ1v) is 6.70. The third-order valence-electron chi connectivity index (χ3n) is 3.11. The second kappa shape index (κ2) is 6.04. The van der Waals surface area contributed by atoms with Crippen LogP contribution in [0.25, 0.3) is 0 Å². The van der Waals surface area contributed by atoms with Crippen LogP contribution >= 0.6 is 0 Å². The van der Waals surface area contributed by atoms with E-state index in [9.17, 15) is 0 Å². The van der Waals surface area contributed by atoms with Gasteiger partial charge in [-0.15, -0.1) is 0 Å². The minimum atomic E-state index is 0.180. The highest BCUT2D eigenvalue weighted by molar-refractivity contribution is 5.38. The molecule has 0 aliphatic heterocycles. The summed E-state index contributed by atoms with van der Waals surface area (Å²) in [5.74, 6) is 0.998. The maximum atomic E-state index is 4.50. The van der Waals surface area contributed by atoms with Crippen molar-refractivity contribution in [2.75, 3.05) is 5.32 Å². The molecule has 0 spiro atoms. The Morgan fingerprint density at radius 2 is 1.94 bits per heavy atom. The maximum absolute atomic E-state index is 4.50. The second-order valence-electron chi connectivity index (χ2n) is 5.72. The van der Waals surface area contributed by atoms with Crippen LogP contribution in [0.4, 0.5) is 5.82 Å². The normalized spacial score (nSPS) is 13.5. The van der Waals surface area contributed by atoms with Gasteiger partial charge in [-0.25, -0.2) is 4.98 Å². The van der Waals surface area contributed by atoms with Crippen molar-refractivity contribution < 1.29 is 0 Å². The molecule has 0 bridgehead atoms.